The molecule has 2 aromatic rings. The summed E-state index contributed by atoms with van der Waals surface area (Å²) in [6, 6.07) is 3.75. The number of carbonyl (C=O) groups is 1. The van der Waals surface area contributed by atoms with Gasteiger partial charge in [-0.1, -0.05) is 6.07 Å². The first-order valence-electron chi connectivity index (χ1n) is 5.58. The van der Waals surface area contributed by atoms with Crippen LogP contribution in [0.25, 0.3) is 0 Å². The molecule has 1 aromatic carbocycles. The van der Waals surface area contributed by atoms with Crippen molar-refractivity contribution in [1.29, 1.82) is 0 Å². The molecule has 0 saturated heterocycles. The second-order valence-corrected chi connectivity index (χ2v) is 5.46. The average Bonchev–Trinajstić information content (AvgIpc) is 2.73. The normalized spacial score (nSPS) is 10.4. The zero-order valence-electron chi connectivity index (χ0n) is 10.6. The number of thiazole rings is 1. The van der Waals surface area contributed by atoms with E-state index in [0.29, 0.717) is 10.6 Å². The van der Waals surface area contributed by atoms with Crippen molar-refractivity contribution in [2.45, 2.75) is 20.8 Å². The minimum absolute atomic E-state index is 0.146. The summed E-state index contributed by atoms with van der Waals surface area (Å²) in [5.41, 5.74) is 9.28. The van der Waals surface area contributed by atoms with Gasteiger partial charge in [-0.05, 0) is 38.0 Å². The van der Waals surface area contributed by atoms with Gasteiger partial charge in [-0.15, -0.1) is 11.3 Å². The van der Waals surface area contributed by atoms with Crippen LogP contribution >= 0.6 is 11.3 Å². The third-order valence-electron chi connectivity index (χ3n) is 2.71. The van der Waals surface area contributed by atoms with Crippen molar-refractivity contribution in [3.05, 3.63) is 39.3 Å². The van der Waals surface area contributed by atoms with E-state index >= 15 is 0 Å². The molecule has 94 valence electrons. The Hall–Kier alpha value is -1.88. The van der Waals surface area contributed by atoms with Gasteiger partial charge >= 0.3 is 0 Å². The lowest BCUT2D eigenvalue weighted by molar-refractivity contribution is 0.103. The Morgan fingerprint density at radius 3 is 2.61 bits per heavy atom. The largest absolute Gasteiger partial charge is 0.398 e. The van der Waals surface area contributed by atoms with Crippen LogP contribution in [0.5, 0.6) is 0 Å². The lowest BCUT2D eigenvalue weighted by Crippen LogP contribution is -2.11. The van der Waals surface area contributed by atoms with Gasteiger partial charge in [0.25, 0.3) is 5.91 Å². The Kier molecular flexibility index (Phi) is 3.34. The first-order chi connectivity index (χ1) is 8.47. The Bertz CT molecular complexity index is 604. The summed E-state index contributed by atoms with van der Waals surface area (Å²) < 4.78 is 0. The first kappa shape index (κ1) is 12.6. The van der Waals surface area contributed by atoms with E-state index in [1.165, 1.54) is 11.3 Å². The van der Waals surface area contributed by atoms with Crippen molar-refractivity contribution in [3.8, 4) is 0 Å². The van der Waals surface area contributed by atoms with E-state index in [1.54, 1.807) is 12.3 Å². The lowest BCUT2D eigenvalue weighted by Gasteiger charge is -2.10. The van der Waals surface area contributed by atoms with Gasteiger partial charge in [0.2, 0.25) is 0 Å². The number of amides is 1. The van der Waals surface area contributed by atoms with Crippen LogP contribution in [0, 0.1) is 20.8 Å². The summed E-state index contributed by atoms with van der Waals surface area (Å²) in [6.45, 7) is 5.76. The number of nitrogens with zero attached hydrogens (tertiary/aromatic N) is 1. The average molecular weight is 261 g/mol. The second kappa shape index (κ2) is 4.78. The summed E-state index contributed by atoms with van der Waals surface area (Å²) in [5, 5.41) is 3.73. The number of aromatic nitrogens is 1. The van der Waals surface area contributed by atoms with Gasteiger partial charge in [-0.3, -0.25) is 4.79 Å². The van der Waals surface area contributed by atoms with E-state index in [1.807, 2.05) is 26.8 Å². The van der Waals surface area contributed by atoms with Crippen LogP contribution in [0.3, 0.4) is 0 Å². The van der Waals surface area contributed by atoms with Gasteiger partial charge in [0.1, 0.15) is 4.88 Å². The Morgan fingerprint density at radius 1 is 1.28 bits per heavy atom. The number of aryl methyl sites for hydroxylation is 3. The fourth-order valence-corrected chi connectivity index (χ4v) is 2.33. The highest BCUT2D eigenvalue weighted by molar-refractivity contribution is 7.13. The molecule has 0 saturated carbocycles. The monoisotopic (exact) mass is 261 g/mol. The number of nitrogens with one attached hydrogen (secondary N) is 1. The molecular weight excluding hydrogens is 246 g/mol. The SMILES string of the molecule is Cc1ncc(C(=O)Nc2cc(N)c(C)cc2C)s1. The molecule has 0 atom stereocenters. The van der Waals surface area contributed by atoms with E-state index in [-0.39, 0.29) is 5.91 Å². The van der Waals surface area contributed by atoms with Gasteiger partial charge in [-0.25, -0.2) is 4.98 Å². The molecule has 5 heteroatoms. The third kappa shape index (κ3) is 2.51. The summed E-state index contributed by atoms with van der Waals surface area (Å²) in [5.74, 6) is -0.146. The molecule has 0 aliphatic rings. The molecule has 1 aromatic heterocycles. The summed E-state index contributed by atoms with van der Waals surface area (Å²) in [7, 11) is 0. The quantitative estimate of drug-likeness (QED) is 0.817. The van der Waals surface area contributed by atoms with Crippen molar-refractivity contribution >= 4 is 28.6 Å². The molecule has 2 rings (SSSR count). The second-order valence-electron chi connectivity index (χ2n) is 4.22. The molecule has 4 nitrogen and oxygen atoms in total. The van der Waals surface area contributed by atoms with E-state index < -0.39 is 0 Å². The molecule has 0 fully saturated rings. The summed E-state index contributed by atoms with van der Waals surface area (Å²) in [4.78, 5) is 16.7. The van der Waals surface area contributed by atoms with E-state index in [9.17, 15) is 4.79 Å². The smallest absolute Gasteiger partial charge is 0.267 e. The molecular formula is C13H15N3OS. The van der Waals surface area contributed by atoms with Crippen molar-refractivity contribution in [3.63, 3.8) is 0 Å². The molecule has 3 N–H and O–H groups in total. The number of hydrogen-bond donors (Lipinski definition) is 2. The number of benzene rings is 1. The lowest BCUT2D eigenvalue weighted by atomic mass is 10.1. The molecule has 0 aliphatic heterocycles. The van der Waals surface area contributed by atoms with Gasteiger partial charge in [-0.2, -0.15) is 0 Å². The van der Waals surface area contributed by atoms with Gasteiger partial charge in [0.05, 0.1) is 11.2 Å². The zero-order valence-corrected chi connectivity index (χ0v) is 11.4. The van der Waals surface area contributed by atoms with Gasteiger partial charge in [0.15, 0.2) is 0 Å². The maximum atomic E-state index is 12.0. The minimum atomic E-state index is -0.146. The predicted molar refractivity (Wildman–Crippen MR) is 75.1 cm³/mol. The molecule has 1 amide bonds. The van der Waals surface area contributed by atoms with Crippen LogP contribution in [0.2, 0.25) is 0 Å². The van der Waals surface area contributed by atoms with Crippen molar-refractivity contribution in [2.24, 2.45) is 0 Å². The number of carbonyl (C=O) groups excluding carboxylic acids is 1. The predicted octanol–water partition coefficient (Wildman–Crippen LogP) is 2.90. The van der Waals surface area contributed by atoms with E-state index in [4.69, 9.17) is 5.73 Å². The summed E-state index contributed by atoms with van der Waals surface area (Å²) >= 11 is 1.37. The van der Waals surface area contributed by atoms with Crippen molar-refractivity contribution in [1.82, 2.24) is 4.98 Å². The Labute approximate surface area is 110 Å². The van der Waals surface area contributed by atoms with Crippen LogP contribution in [-0.2, 0) is 0 Å². The number of hydrogen-bond acceptors (Lipinski definition) is 4. The topological polar surface area (TPSA) is 68.0 Å². The fourth-order valence-electron chi connectivity index (χ4n) is 1.65. The van der Waals surface area contributed by atoms with Crippen molar-refractivity contribution < 1.29 is 4.79 Å². The number of rotatable bonds is 2. The number of nitrogen functional groups attached to an aromatic ring is 1. The Balaban J connectivity index is 2.24. The van der Waals surface area contributed by atoms with Crippen molar-refractivity contribution in [2.75, 3.05) is 11.1 Å². The zero-order chi connectivity index (χ0) is 13.3. The highest BCUT2D eigenvalue weighted by Crippen LogP contribution is 2.23. The number of nitrogens with two attached hydrogens (primary N) is 1. The Morgan fingerprint density at radius 2 is 2.00 bits per heavy atom. The molecule has 0 bridgehead atoms. The van der Waals surface area contributed by atoms with Crippen LogP contribution in [0.15, 0.2) is 18.3 Å². The maximum absolute atomic E-state index is 12.0. The van der Waals surface area contributed by atoms with Gasteiger partial charge < -0.3 is 11.1 Å². The van der Waals surface area contributed by atoms with E-state index in [0.717, 1.165) is 21.8 Å². The molecule has 0 spiro atoms. The molecule has 0 radical (unpaired) electrons. The highest BCUT2D eigenvalue weighted by Gasteiger charge is 2.11. The fraction of sp³-hybridized carbons (Fsp3) is 0.231. The molecule has 0 aliphatic carbocycles. The first-order valence-corrected chi connectivity index (χ1v) is 6.39. The third-order valence-corrected chi connectivity index (χ3v) is 3.62. The van der Waals surface area contributed by atoms with Crippen LogP contribution in [-0.4, -0.2) is 10.9 Å². The maximum Gasteiger partial charge on any atom is 0.267 e. The molecule has 0 unspecified atom stereocenters. The van der Waals surface area contributed by atoms with Crippen LogP contribution < -0.4 is 11.1 Å². The van der Waals surface area contributed by atoms with E-state index in [2.05, 4.69) is 10.3 Å². The standard InChI is InChI=1S/C13H15N3OS/c1-7-4-8(2)11(5-10(7)14)16-13(17)12-6-15-9(3)18-12/h4-6H,14H2,1-3H3,(H,16,17). The molecule has 18 heavy (non-hydrogen) atoms. The highest BCUT2D eigenvalue weighted by atomic mass is 32.1. The summed E-state index contributed by atoms with van der Waals surface area (Å²) in [6.07, 6.45) is 1.59. The molecule has 1 heterocycles. The van der Waals surface area contributed by atoms with Crippen LogP contribution in [0.4, 0.5) is 11.4 Å². The van der Waals surface area contributed by atoms with Gasteiger partial charge in [0, 0.05) is 11.4 Å². The minimum Gasteiger partial charge on any atom is -0.398 e. The van der Waals surface area contributed by atoms with Crippen LogP contribution in [0.1, 0.15) is 25.8 Å². The number of anilines is 2.